The average molecular weight is 620 g/mol. The molecule has 0 bridgehead atoms. The Hall–Kier alpha value is -2.74. The molecule has 2 aliphatic carbocycles. The fourth-order valence-corrected chi connectivity index (χ4v) is 6.49. The summed E-state index contributed by atoms with van der Waals surface area (Å²) in [6.45, 7) is 5.38. The van der Waals surface area contributed by atoms with Crippen LogP contribution in [0, 0.1) is 21.7 Å². The first-order chi connectivity index (χ1) is 19.8. The minimum absolute atomic E-state index is 0.0132. The molecule has 0 radical (unpaired) electrons. The maximum absolute atomic E-state index is 12.9. The third kappa shape index (κ3) is 6.43. The third-order valence-electron chi connectivity index (χ3n) is 9.29. The van der Waals surface area contributed by atoms with Crippen LogP contribution in [0.4, 0.5) is 0 Å². The Labute approximate surface area is 257 Å². The van der Waals surface area contributed by atoms with E-state index in [1.54, 1.807) is 43.3 Å². The van der Waals surface area contributed by atoms with Gasteiger partial charge in [0.15, 0.2) is 11.6 Å². The molecule has 0 spiro atoms. The zero-order valence-corrected chi connectivity index (χ0v) is 26.4. The molecule has 7 nitrogen and oxygen atoms in total. The number of hydrogen-bond acceptors (Lipinski definition) is 7. The smallest absolute Gasteiger partial charge is 0.319 e. The molecule has 4 atom stereocenters. The number of rotatable bonds is 8. The van der Waals surface area contributed by atoms with Crippen molar-refractivity contribution in [2.75, 3.05) is 20.8 Å². The van der Waals surface area contributed by atoms with E-state index in [4.69, 9.17) is 32.7 Å². The predicted molar refractivity (Wildman–Crippen MR) is 161 cm³/mol. The Bertz CT molecular complexity index is 1210. The van der Waals surface area contributed by atoms with E-state index in [9.17, 15) is 24.3 Å². The Kier molecular flexibility index (Phi) is 10.7. The molecule has 0 heterocycles. The zero-order valence-electron chi connectivity index (χ0n) is 24.9. The number of methoxy groups -OCH3 is 2. The number of hydrogen-bond donors (Lipinski definition) is 1. The summed E-state index contributed by atoms with van der Waals surface area (Å²) >= 11 is 11.7. The largest absolute Gasteiger partial charge is 0.468 e. The minimum Gasteiger partial charge on any atom is -0.468 e. The van der Waals surface area contributed by atoms with Gasteiger partial charge in [-0.2, -0.15) is 0 Å². The van der Waals surface area contributed by atoms with Crippen molar-refractivity contribution in [2.45, 2.75) is 65.7 Å². The number of benzene rings is 2. The highest BCUT2D eigenvalue weighted by Gasteiger charge is 2.59. The van der Waals surface area contributed by atoms with Crippen LogP contribution in [-0.4, -0.2) is 49.4 Å². The van der Waals surface area contributed by atoms with Gasteiger partial charge in [0, 0.05) is 15.5 Å². The van der Waals surface area contributed by atoms with E-state index in [2.05, 4.69) is 0 Å². The van der Waals surface area contributed by atoms with Crippen molar-refractivity contribution >= 4 is 46.7 Å². The molecular formula is C33H40Cl2O7. The lowest BCUT2D eigenvalue weighted by Gasteiger charge is -2.28. The zero-order chi connectivity index (χ0) is 31.3. The quantitative estimate of drug-likeness (QED) is 0.276. The number of aliphatic hydroxyl groups is 1. The van der Waals surface area contributed by atoms with Crippen LogP contribution in [0.15, 0.2) is 48.5 Å². The number of aliphatic hydroxyl groups excluding tert-OH is 1. The lowest BCUT2D eigenvalue weighted by Crippen LogP contribution is -2.43. The fourth-order valence-electron chi connectivity index (χ4n) is 6.24. The molecule has 0 amide bonds. The summed E-state index contributed by atoms with van der Waals surface area (Å²) in [7, 11) is 2.63. The maximum atomic E-state index is 12.9. The van der Waals surface area contributed by atoms with Crippen molar-refractivity contribution in [1.29, 1.82) is 0 Å². The van der Waals surface area contributed by atoms with Gasteiger partial charge in [0.1, 0.15) is 10.8 Å². The highest BCUT2D eigenvalue weighted by molar-refractivity contribution is 6.30. The van der Waals surface area contributed by atoms with E-state index in [1.165, 1.54) is 14.2 Å². The molecule has 0 aromatic heterocycles. The van der Waals surface area contributed by atoms with Crippen molar-refractivity contribution in [1.82, 2.24) is 0 Å². The molecule has 1 N–H and O–H groups in total. The summed E-state index contributed by atoms with van der Waals surface area (Å²) in [5.41, 5.74) is -1.78. The monoisotopic (exact) mass is 618 g/mol. The molecule has 42 heavy (non-hydrogen) atoms. The molecule has 0 aliphatic heterocycles. The molecule has 9 heteroatoms. The van der Waals surface area contributed by atoms with Crippen LogP contribution >= 0.6 is 23.2 Å². The summed E-state index contributed by atoms with van der Waals surface area (Å²) in [5, 5.41) is 10.7. The number of carbonyl (C=O) groups is 4. The molecule has 4 unspecified atom stereocenters. The van der Waals surface area contributed by atoms with Gasteiger partial charge in [0.2, 0.25) is 0 Å². The number of halogens is 2. The van der Waals surface area contributed by atoms with Crippen molar-refractivity contribution in [3.05, 3.63) is 69.7 Å². The molecule has 0 saturated heterocycles. The predicted octanol–water partition coefficient (Wildman–Crippen LogP) is 6.22. The van der Waals surface area contributed by atoms with E-state index in [-0.39, 0.29) is 24.6 Å². The third-order valence-corrected chi connectivity index (χ3v) is 9.80. The molecule has 2 fully saturated rings. The van der Waals surface area contributed by atoms with Gasteiger partial charge < -0.3 is 14.6 Å². The Morgan fingerprint density at radius 2 is 1.07 bits per heavy atom. The van der Waals surface area contributed by atoms with Crippen LogP contribution in [-0.2, 0) is 41.5 Å². The van der Waals surface area contributed by atoms with E-state index in [1.807, 2.05) is 26.0 Å². The van der Waals surface area contributed by atoms with Crippen LogP contribution in [0.1, 0.15) is 64.0 Å². The minimum atomic E-state index is -1.21. The van der Waals surface area contributed by atoms with E-state index >= 15 is 0 Å². The number of Topliss-reactive ketones (excluding diaryl/α,β-unsaturated/α-hetero) is 2. The van der Waals surface area contributed by atoms with Gasteiger partial charge in [0.05, 0.1) is 26.2 Å². The van der Waals surface area contributed by atoms with Gasteiger partial charge in [-0.05, 0) is 80.3 Å². The number of carbonyl (C=O) groups excluding carboxylic acids is 4. The number of ketones is 2. The molecular weight excluding hydrogens is 579 g/mol. The fraction of sp³-hybridized carbons (Fsp3) is 0.515. The van der Waals surface area contributed by atoms with E-state index in [0.717, 1.165) is 24.0 Å². The molecule has 2 aliphatic rings. The van der Waals surface area contributed by atoms with E-state index in [0.29, 0.717) is 35.7 Å². The first kappa shape index (κ1) is 33.8. The van der Waals surface area contributed by atoms with E-state index < -0.39 is 33.6 Å². The molecule has 4 rings (SSSR count). The molecule has 228 valence electrons. The van der Waals surface area contributed by atoms with Gasteiger partial charge in [-0.25, -0.2) is 0 Å². The van der Waals surface area contributed by atoms with Gasteiger partial charge in [-0.1, -0.05) is 68.2 Å². The standard InChI is InChI=1S/C17H21ClO3.C16H19ClO4/c1-4-16(2)9-10-17(14(16)19,15(20)21-3)11-12-5-7-13(18)8-6-12;1-15(10-18)7-8-16(13(15)19,14(20)21-2)9-11-3-5-12(17)6-4-11/h5-8H,4,9-11H2,1-3H3;3-6,18H,7-10H2,1-2H3. The van der Waals surface area contributed by atoms with Crippen LogP contribution in [0.3, 0.4) is 0 Å². The van der Waals surface area contributed by atoms with Gasteiger partial charge >= 0.3 is 11.9 Å². The summed E-state index contributed by atoms with van der Waals surface area (Å²) in [6.07, 6.45) is 3.53. The average Bonchev–Trinajstić information content (AvgIpc) is 3.41. The molecule has 2 aromatic rings. The summed E-state index contributed by atoms with van der Waals surface area (Å²) in [5.74, 6) is -1.17. The van der Waals surface area contributed by atoms with Crippen LogP contribution in [0.25, 0.3) is 0 Å². The van der Waals surface area contributed by atoms with Crippen LogP contribution in [0.5, 0.6) is 0 Å². The lowest BCUT2D eigenvalue weighted by atomic mass is 9.74. The Balaban J connectivity index is 0.000000230. The van der Waals surface area contributed by atoms with Crippen LogP contribution in [0.2, 0.25) is 10.0 Å². The second-order valence-corrected chi connectivity index (χ2v) is 12.9. The van der Waals surface area contributed by atoms with Crippen LogP contribution < -0.4 is 0 Å². The van der Waals surface area contributed by atoms with Crippen molar-refractivity contribution in [3.63, 3.8) is 0 Å². The number of esters is 2. The SMILES string of the molecule is CCC1(C)CCC(Cc2ccc(Cl)cc2)(C(=O)OC)C1=O.COC(=O)C1(Cc2ccc(Cl)cc2)CCC(C)(CO)C1=O. The van der Waals surface area contributed by atoms with Crippen molar-refractivity contribution in [2.24, 2.45) is 21.7 Å². The van der Waals surface area contributed by atoms with Crippen molar-refractivity contribution in [3.8, 4) is 0 Å². The normalized spacial score (nSPS) is 28.7. The Morgan fingerprint density at radius 1 is 0.714 bits per heavy atom. The maximum Gasteiger partial charge on any atom is 0.319 e. The summed E-state index contributed by atoms with van der Waals surface area (Å²) in [6, 6.07) is 14.3. The summed E-state index contributed by atoms with van der Waals surface area (Å²) < 4.78 is 9.83. The lowest BCUT2D eigenvalue weighted by molar-refractivity contribution is -0.159. The Morgan fingerprint density at radius 3 is 1.36 bits per heavy atom. The highest BCUT2D eigenvalue weighted by atomic mass is 35.5. The topological polar surface area (TPSA) is 107 Å². The summed E-state index contributed by atoms with van der Waals surface area (Å²) in [4.78, 5) is 50.3. The highest BCUT2D eigenvalue weighted by Crippen LogP contribution is 2.50. The van der Waals surface area contributed by atoms with Gasteiger partial charge in [0.25, 0.3) is 0 Å². The molecule has 2 aromatic carbocycles. The molecule has 2 saturated carbocycles. The first-order valence-electron chi connectivity index (χ1n) is 14.1. The first-order valence-corrected chi connectivity index (χ1v) is 14.9. The number of ether oxygens (including phenoxy) is 2. The second kappa shape index (κ2) is 13.3. The van der Waals surface area contributed by atoms with Gasteiger partial charge in [-0.15, -0.1) is 0 Å². The second-order valence-electron chi connectivity index (χ2n) is 12.0. The van der Waals surface area contributed by atoms with Gasteiger partial charge in [-0.3, -0.25) is 19.2 Å². The van der Waals surface area contributed by atoms with Crippen molar-refractivity contribution < 1.29 is 33.8 Å².